The van der Waals surface area contributed by atoms with Gasteiger partial charge < -0.3 is 15.5 Å². The maximum absolute atomic E-state index is 9.99. The molecule has 0 atom stereocenters. The lowest BCUT2D eigenvalue weighted by atomic mass is 10.0. The van der Waals surface area contributed by atoms with Gasteiger partial charge in [-0.25, -0.2) is 0 Å². The van der Waals surface area contributed by atoms with Crippen LogP contribution in [0.5, 0.6) is 11.5 Å². The summed E-state index contributed by atoms with van der Waals surface area (Å²) in [5.74, 6) is 0.0443. The van der Waals surface area contributed by atoms with Crippen LogP contribution in [-0.2, 0) is 0 Å². The van der Waals surface area contributed by atoms with Gasteiger partial charge in [0.1, 0.15) is 16.5 Å². The Morgan fingerprint density at radius 3 is 2.44 bits per heavy atom. The molecule has 0 aromatic heterocycles. The smallest absolute Gasteiger partial charge is 0.148 e. The maximum Gasteiger partial charge on any atom is 0.148 e. The average molecular weight is 238 g/mol. The number of nitrogens with one attached hydrogen (secondary N) is 1. The van der Waals surface area contributed by atoms with E-state index in [-0.39, 0.29) is 16.5 Å². The second kappa shape index (κ2) is 3.76. The van der Waals surface area contributed by atoms with E-state index >= 15 is 0 Å². The highest BCUT2D eigenvalue weighted by Gasteiger charge is 2.16. The van der Waals surface area contributed by atoms with Gasteiger partial charge in [0, 0.05) is 17.8 Å². The summed E-state index contributed by atoms with van der Waals surface area (Å²) in [5, 5.41) is 24.0. The number of anilines is 1. The zero-order chi connectivity index (χ0) is 11.9. The molecule has 0 unspecified atom stereocenters. The monoisotopic (exact) mass is 237 g/mol. The third kappa shape index (κ3) is 1.44. The van der Waals surface area contributed by atoms with Gasteiger partial charge in [0.25, 0.3) is 0 Å². The SMILES string of the molecule is CNc1c(Cl)c(O)c2cc(C)ccc2c1O. The molecule has 0 heterocycles. The minimum absolute atomic E-state index is 0.0116. The van der Waals surface area contributed by atoms with E-state index < -0.39 is 0 Å². The molecule has 0 saturated heterocycles. The fourth-order valence-electron chi connectivity index (χ4n) is 1.76. The zero-order valence-corrected chi connectivity index (χ0v) is 9.76. The molecule has 0 spiro atoms. The second-order valence-electron chi connectivity index (χ2n) is 3.69. The Balaban J connectivity index is 2.95. The second-order valence-corrected chi connectivity index (χ2v) is 4.06. The Labute approximate surface area is 98.3 Å². The molecule has 16 heavy (non-hydrogen) atoms. The maximum atomic E-state index is 9.99. The summed E-state index contributed by atoms with van der Waals surface area (Å²) >= 11 is 5.96. The normalized spacial score (nSPS) is 10.7. The fraction of sp³-hybridized carbons (Fsp3) is 0.167. The van der Waals surface area contributed by atoms with Crippen molar-refractivity contribution in [1.82, 2.24) is 0 Å². The molecular weight excluding hydrogens is 226 g/mol. The first-order valence-corrected chi connectivity index (χ1v) is 5.25. The summed E-state index contributed by atoms with van der Waals surface area (Å²) < 4.78 is 0. The Hall–Kier alpha value is -1.61. The minimum atomic E-state index is -0.0116. The molecule has 0 amide bonds. The van der Waals surface area contributed by atoms with Crippen LogP contribution in [-0.4, -0.2) is 17.3 Å². The number of hydrogen-bond acceptors (Lipinski definition) is 3. The first-order chi connectivity index (χ1) is 7.56. The summed E-state index contributed by atoms with van der Waals surface area (Å²) in [6.07, 6.45) is 0. The van der Waals surface area contributed by atoms with Crippen LogP contribution >= 0.6 is 11.6 Å². The highest BCUT2D eigenvalue weighted by Crippen LogP contribution is 2.45. The molecule has 0 radical (unpaired) electrons. The summed E-state index contributed by atoms with van der Waals surface area (Å²) in [7, 11) is 1.64. The molecule has 84 valence electrons. The number of rotatable bonds is 1. The van der Waals surface area contributed by atoms with Crippen molar-refractivity contribution >= 4 is 28.1 Å². The standard InChI is InChI=1S/C12H12ClNO2/c1-6-3-4-7-8(5-6)11(15)9(13)10(14-2)12(7)16/h3-5,14-16H,1-2H3. The van der Waals surface area contributed by atoms with Crippen molar-refractivity contribution in [3.63, 3.8) is 0 Å². The number of aromatic hydroxyl groups is 2. The van der Waals surface area contributed by atoms with E-state index in [0.29, 0.717) is 16.5 Å². The highest BCUT2D eigenvalue weighted by atomic mass is 35.5. The number of hydrogen-bond donors (Lipinski definition) is 3. The Morgan fingerprint density at radius 1 is 1.12 bits per heavy atom. The lowest BCUT2D eigenvalue weighted by Crippen LogP contribution is -1.92. The summed E-state index contributed by atoms with van der Waals surface area (Å²) in [5.41, 5.74) is 1.34. The molecule has 3 nitrogen and oxygen atoms in total. The lowest BCUT2D eigenvalue weighted by Gasteiger charge is -2.12. The number of halogens is 1. The van der Waals surface area contributed by atoms with Gasteiger partial charge in [-0.05, 0) is 13.0 Å². The van der Waals surface area contributed by atoms with Crippen molar-refractivity contribution in [2.45, 2.75) is 6.92 Å². The van der Waals surface area contributed by atoms with Crippen molar-refractivity contribution in [1.29, 1.82) is 0 Å². The van der Waals surface area contributed by atoms with Crippen LogP contribution < -0.4 is 5.32 Å². The molecule has 0 aliphatic carbocycles. The van der Waals surface area contributed by atoms with Crippen LogP contribution in [0, 0.1) is 6.92 Å². The van der Waals surface area contributed by atoms with Gasteiger partial charge in [-0.15, -0.1) is 0 Å². The number of fused-ring (bicyclic) bond motifs is 1. The van der Waals surface area contributed by atoms with Crippen LogP contribution in [0.15, 0.2) is 18.2 Å². The fourth-order valence-corrected chi connectivity index (χ4v) is 2.05. The van der Waals surface area contributed by atoms with Gasteiger partial charge in [-0.2, -0.15) is 0 Å². The topological polar surface area (TPSA) is 52.5 Å². The van der Waals surface area contributed by atoms with E-state index in [1.807, 2.05) is 13.0 Å². The van der Waals surface area contributed by atoms with Crippen LogP contribution in [0.2, 0.25) is 5.02 Å². The van der Waals surface area contributed by atoms with Gasteiger partial charge in [-0.3, -0.25) is 0 Å². The van der Waals surface area contributed by atoms with Gasteiger partial charge in [0.2, 0.25) is 0 Å². The van der Waals surface area contributed by atoms with Crippen molar-refractivity contribution in [2.75, 3.05) is 12.4 Å². The van der Waals surface area contributed by atoms with Crippen molar-refractivity contribution in [2.24, 2.45) is 0 Å². The largest absolute Gasteiger partial charge is 0.506 e. The van der Waals surface area contributed by atoms with Gasteiger partial charge in [-0.1, -0.05) is 29.3 Å². The molecule has 0 aliphatic rings. The first kappa shape index (κ1) is 10.9. The third-order valence-electron chi connectivity index (χ3n) is 2.60. The highest BCUT2D eigenvalue weighted by molar-refractivity contribution is 6.36. The van der Waals surface area contributed by atoms with E-state index in [1.54, 1.807) is 19.2 Å². The predicted octanol–water partition coefficient (Wildman–Crippen LogP) is 3.25. The first-order valence-electron chi connectivity index (χ1n) is 4.87. The average Bonchev–Trinajstić information content (AvgIpc) is 2.27. The molecule has 0 aliphatic heterocycles. The molecule has 2 aromatic carbocycles. The lowest BCUT2D eigenvalue weighted by molar-refractivity contribution is 0.471. The van der Waals surface area contributed by atoms with E-state index in [9.17, 15) is 10.2 Å². The van der Waals surface area contributed by atoms with Crippen LogP contribution in [0.4, 0.5) is 5.69 Å². The number of benzene rings is 2. The molecular formula is C12H12ClNO2. The molecule has 2 rings (SSSR count). The molecule has 4 heteroatoms. The van der Waals surface area contributed by atoms with Crippen molar-refractivity contribution < 1.29 is 10.2 Å². The molecule has 3 N–H and O–H groups in total. The summed E-state index contributed by atoms with van der Waals surface area (Å²) in [4.78, 5) is 0. The van der Waals surface area contributed by atoms with Crippen LogP contribution in [0.3, 0.4) is 0 Å². The zero-order valence-electron chi connectivity index (χ0n) is 9.00. The Bertz CT molecular complexity index is 567. The summed E-state index contributed by atoms with van der Waals surface area (Å²) in [6.45, 7) is 1.91. The van der Waals surface area contributed by atoms with Crippen LogP contribution in [0.1, 0.15) is 5.56 Å². The Kier molecular flexibility index (Phi) is 2.56. The molecule has 2 aromatic rings. The van der Waals surface area contributed by atoms with E-state index in [0.717, 1.165) is 5.56 Å². The van der Waals surface area contributed by atoms with E-state index in [4.69, 9.17) is 11.6 Å². The van der Waals surface area contributed by atoms with E-state index in [1.165, 1.54) is 0 Å². The van der Waals surface area contributed by atoms with Crippen molar-refractivity contribution in [3.8, 4) is 11.5 Å². The molecule has 0 fully saturated rings. The van der Waals surface area contributed by atoms with Crippen molar-refractivity contribution in [3.05, 3.63) is 28.8 Å². The third-order valence-corrected chi connectivity index (χ3v) is 2.97. The van der Waals surface area contributed by atoms with Gasteiger partial charge >= 0.3 is 0 Å². The summed E-state index contributed by atoms with van der Waals surface area (Å²) in [6, 6.07) is 5.42. The van der Waals surface area contributed by atoms with Crippen LogP contribution in [0.25, 0.3) is 10.8 Å². The quantitative estimate of drug-likeness (QED) is 0.527. The van der Waals surface area contributed by atoms with E-state index in [2.05, 4.69) is 5.32 Å². The number of phenols is 2. The predicted molar refractivity (Wildman–Crippen MR) is 66.6 cm³/mol. The molecule has 0 bridgehead atoms. The minimum Gasteiger partial charge on any atom is -0.506 e. The van der Waals surface area contributed by atoms with Gasteiger partial charge in [0.05, 0.1) is 5.69 Å². The number of phenolic OH excluding ortho intramolecular Hbond substituents is 2. The van der Waals surface area contributed by atoms with Gasteiger partial charge in [0.15, 0.2) is 0 Å². The number of aryl methyl sites for hydroxylation is 1. The molecule has 0 saturated carbocycles. The Morgan fingerprint density at radius 2 is 1.81 bits per heavy atom.